The molecule has 0 atom stereocenters. The molecule has 0 aromatic heterocycles. The Kier molecular flexibility index (Phi) is 10.3. The summed E-state index contributed by atoms with van der Waals surface area (Å²) in [6.45, 7) is -0.277. The van der Waals surface area contributed by atoms with Crippen molar-refractivity contribution in [3.8, 4) is 5.75 Å². The number of nitrogen functional groups attached to an aromatic ring is 1. The molecule has 0 spiro atoms. The van der Waals surface area contributed by atoms with E-state index < -0.39 is 36.2 Å². The molecular weight excluding hydrogens is 544 g/mol. The number of hydrogen-bond acceptors (Lipinski definition) is 12. The minimum absolute atomic E-state index is 0.0886. The van der Waals surface area contributed by atoms with Gasteiger partial charge >= 0.3 is 10.6 Å². The summed E-state index contributed by atoms with van der Waals surface area (Å²) in [5.41, 5.74) is 7.89. The smallest absolute Gasteiger partial charge is 0.425 e. The molecule has 3 aromatic carbocycles. The minimum atomic E-state index is -4.67. The van der Waals surface area contributed by atoms with Crippen LogP contribution in [-0.2, 0) is 27.3 Å². The Balaban J connectivity index is 0.00000118. The summed E-state index contributed by atoms with van der Waals surface area (Å²) in [7, 11) is -6.31. The molecule has 3 rings (SSSR count). The summed E-state index contributed by atoms with van der Waals surface area (Å²) < 4.78 is 63.2. The molecule has 0 unspecified atom stereocenters. The summed E-state index contributed by atoms with van der Waals surface area (Å²) in [5, 5.41) is 28.7. The van der Waals surface area contributed by atoms with Crippen LogP contribution in [-0.4, -0.2) is 42.7 Å². The van der Waals surface area contributed by atoms with Gasteiger partial charge < -0.3 is 15.6 Å². The van der Waals surface area contributed by atoms with Gasteiger partial charge in [0, 0.05) is 23.8 Å². The van der Waals surface area contributed by atoms with Gasteiger partial charge in [-0.1, -0.05) is 24.3 Å². The molecule has 0 bridgehead atoms. The highest BCUT2D eigenvalue weighted by molar-refractivity contribution is 7.86. The number of ether oxygens (including phenoxy) is 1. The van der Waals surface area contributed by atoms with E-state index in [2.05, 4.69) is 10.2 Å². The van der Waals surface area contributed by atoms with Gasteiger partial charge in [-0.2, -0.15) is 18.6 Å². The number of nitrogens with zero attached hydrogens (tertiary/aromatic N) is 3. The van der Waals surface area contributed by atoms with Crippen LogP contribution in [0.3, 0.4) is 0 Å². The van der Waals surface area contributed by atoms with Crippen molar-refractivity contribution >= 4 is 55.6 Å². The molecule has 200 valence electrons. The lowest BCUT2D eigenvalue weighted by Gasteiger charge is -2.08. The molecule has 0 saturated heterocycles. The van der Waals surface area contributed by atoms with E-state index in [0.717, 1.165) is 12.1 Å². The molecule has 0 fully saturated rings. The molecule has 16 heteroatoms. The maximum atomic E-state index is 11.6. The zero-order valence-electron chi connectivity index (χ0n) is 19.5. The third-order valence-corrected chi connectivity index (χ3v) is 5.62. The number of non-ortho nitro benzene ring substituents is 1. The summed E-state index contributed by atoms with van der Waals surface area (Å²) in [4.78, 5) is 9.58. The van der Waals surface area contributed by atoms with Crippen molar-refractivity contribution in [3.05, 3.63) is 81.4 Å². The van der Waals surface area contributed by atoms with Crippen LogP contribution in [0.5, 0.6) is 5.75 Å². The van der Waals surface area contributed by atoms with Crippen LogP contribution in [0.25, 0.3) is 12.2 Å². The molecular formula is C22H20N4O10S2. The Morgan fingerprint density at radius 3 is 2.21 bits per heavy atom. The highest BCUT2D eigenvalue weighted by atomic mass is 32.2. The molecule has 14 nitrogen and oxygen atoms in total. The Morgan fingerprint density at radius 2 is 1.68 bits per heavy atom. The second-order valence-corrected chi connectivity index (χ2v) is 8.96. The van der Waals surface area contributed by atoms with Crippen LogP contribution >= 0.6 is 0 Å². The van der Waals surface area contributed by atoms with Gasteiger partial charge in [-0.3, -0.25) is 14.7 Å². The van der Waals surface area contributed by atoms with E-state index in [9.17, 15) is 28.2 Å². The number of nitro groups is 1. The maximum absolute atomic E-state index is 11.6. The predicted octanol–water partition coefficient (Wildman–Crippen LogP) is 3.51. The van der Waals surface area contributed by atoms with E-state index in [1.54, 1.807) is 42.5 Å². The summed E-state index contributed by atoms with van der Waals surface area (Å²) in [5.74, 6) is 0.405. The van der Waals surface area contributed by atoms with Gasteiger partial charge in [0.1, 0.15) is 10.6 Å². The normalized spacial score (nSPS) is 11.2. The van der Waals surface area contributed by atoms with Gasteiger partial charge in [0.15, 0.2) is 0 Å². The number of nitrogens with two attached hydrogens (primary N) is 1. The molecule has 0 amide bonds. The lowest BCUT2D eigenvalue weighted by molar-refractivity contribution is -0.385. The number of benzene rings is 3. The Labute approximate surface area is 217 Å². The zero-order chi connectivity index (χ0) is 28.5. The number of methoxy groups -OCH3 is 1. The fraction of sp³-hybridized carbons (Fsp3) is 0.0909. The van der Waals surface area contributed by atoms with Crippen molar-refractivity contribution in [2.75, 3.05) is 12.8 Å². The van der Waals surface area contributed by atoms with Crippen molar-refractivity contribution in [2.24, 2.45) is 10.2 Å². The highest BCUT2D eigenvalue weighted by Crippen LogP contribution is 2.32. The number of aliphatic hydroxyl groups is 1. The second kappa shape index (κ2) is 13.2. The largest absolute Gasteiger partial charge is 0.495 e. The number of aliphatic hydroxyl groups excluding tert-OH is 1. The van der Waals surface area contributed by atoms with Crippen molar-refractivity contribution < 1.29 is 40.4 Å². The number of rotatable bonds is 8. The second-order valence-electron chi connectivity index (χ2n) is 7.16. The van der Waals surface area contributed by atoms with Gasteiger partial charge in [-0.25, -0.2) is 0 Å². The fourth-order valence-electron chi connectivity index (χ4n) is 2.98. The maximum Gasteiger partial charge on any atom is 0.425 e. The first-order valence-electron chi connectivity index (χ1n) is 10.2. The zero-order valence-corrected chi connectivity index (χ0v) is 21.1. The predicted molar refractivity (Wildman–Crippen MR) is 135 cm³/mol. The topological polar surface area (TPSA) is 229 Å². The van der Waals surface area contributed by atoms with E-state index in [1.807, 2.05) is 0 Å². The van der Waals surface area contributed by atoms with E-state index >= 15 is 0 Å². The van der Waals surface area contributed by atoms with Crippen molar-refractivity contribution in [3.63, 3.8) is 0 Å². The summed E-state index contributed by atoms with van der Waals surface area (Å²) >= 11 is 0. The van der Waals surface area contributed by atoms with Crippen molar-refractivity contribution in [2.45, 2.75) is 11.5 Å². The van der Waals surface area contributed by atoms with Gasteiger partial charge in [0.25, 0.3) is 15.8 Å². The van der Waals surface area contributed by atoms with Crippen LogP contribution in [0.15, 0.2) is 69.7 Å². The number of anilines is 1. The van der Waals surface area contributed by atoms with Gasteiger partial charge in [0.05, 0.1) is 35.7 Å². The van der Waals surface area contributed by atoms with Crippen LogP contribution in [0.2, 0.25) is 0 Å². The third-order valence-electron chi connectivity index (χ3n) is 4.71. The molecule has 3 aromatic rings. The van der Waals surface area contributed by atoms with Gasteiger partial charge in [-0.15, -0.1) is 12.6 Å². The standard InChI is InChI=1S/C22H20N4O7S.O3S/c1-33-21-12-20(16(13-27)10-19(21)23)25-24-17-7-3-14(4-8-17)2-5-15-6-9-18(26(28)29)11-22(15)34(30,31)32;1-4(2)3/h2-12,27H,13,23H2,1H3,(H,30,31,32);. The average Bonchev–Trinajstić information content (AvgIpc) is 2.86. The first kappa shape index (κ1) is 29.7. The molecule has 0 aliphatic heterocycles. The van der Waals surface area contributed by atoms with Crippen LogP contribution < -0.4 is 10.5 Å². The number of hydrogen-bond donors (Lipinski definition) is 3. The molecule has 38 heavy (non-hydrogen) atoms. The lowest BCUT2D eigenvalue weighted by Crippen LogP contribution is -2.02. The van der Waals surface area contributed by atoms with E-state index in [4.69, 9.17) is 23.1 Å². The molecule has 0 saturated carbocycles. The van der Waals surface area contributed by atoms with Crippen LogP contribution in [0, 0.1) is 10.1 Å². The van der Waals surface area contributed by atoms with Crippen molar-refractivity contribution in [1.82, 2.24) is 0 Å². The Morgan fingerprint density at radius 1 is 1.05 bits per heavy atom. The van der Waals surface area contributed by atoms with E-state index in [1.165, 1.54) is 19.3 Å². The average molecular weight is 565 g/mol. The first-order valence-corrected chi connectivity index (χ1v) is 12.6. The molecule has 0 aliphatic carbocycles. The summed E-state index contributed by atoms with van der Waals surface area (Å²) in [6, 6.07) is 13.0. The quantitative estimate of drug-likeness (QED) is 0.0894. The van der Waals surface area contributed by atoms with Crippen LogP contribution in [0.4, 0.5) is 22.7 Å². The Hall–Kier alpha value is -4.51. The Bertz CT molecular complexity index is 1600. The van der Waals surface area contributed by atoms with Crippen molar-refractivity contribution in [1.29, 1.82) is 0 Å². The third kappa shape index (κ3) is 8.56. The van der Waals surface area contributed by atoms with E-state index in [-0.39, 0.29) is 12.2 Å². The highest BCUT2D eigenvalue weighted by Gasteiger charge is 2.18. The first-order chi connectivity index (χ1) is 17.8. The lowest BCUT2D eigenvalue weighted by atomic mass is 10.1. The number of azo groups is 1. The molecule has 0 aliphatic rings. The fourth-order valence-corrected chi connectivity index (χ4v) is 3.68. The molecule has 4 N–H and O–H groups in total. The number of nitro benzene ring substituents is 1. The molecule has 0 radical (unpaired) electrons. The minimum Gasteiger partial charge on any atom is -0.495 e. The summed E-state index contributed by atoms with van der Waals surface area (Å²) in [6.07, 6.45) is 2.99. The SMILES string of the molecule is COc1cc(N=Nc2ccc(C=Cc3ccc([N+](=O)[O-])cc3S(=O)(=O)O)cc2)c(CO)cc1N.O=S(=O)=O. The van der Waals surface area contributed by atoms with Gasteiger partial charge in [-0.05, 0) is 35.4 Å². The molecule has 0 heterocycles. The van der Waals surface area contributed by atoms with Gasteiger partial charge in [0.2, 0.25) is 0 Å². The van der Waals surface area contributed by atoms with Crippen LogP contribution in [0.1, 0.15) is 16.7 Å². The monoisotopic (exact) mass is 564 g/mol. The van der Waals surface area contributed by atoms with E-state index in [0.29, 0.717) is 33.9 Å².